The van der Waals surface area contributed by atoms with Gasteiger partial charge in [-0.3, -0.25) is 0 Å². The molecule has 0 spiro atoms. The van der Waals surface area contributed by atoms with Crippen LogP contribution < -0.4 is 44.0 Å². The van der Waals surface area contributed by atoms with Gasteiger partial charge in [0.05, 0.1) is 42.7 Å². The van der Waals surface area contributed by atoms with Crippen molar-refractivity contribution >= 4 is 34.0 Å². The van der Waals surface area contributed by atoms with E-state index in [1.54, 1.807) is 42.7 Å². The Morgan fingerprint density at radius 2 is 0.657 bits per heavy atom. The highest BCUT2D eigenvalue weighted by Gasteiger charge is 2.47. The van der Waals surface area contributed by atoms with E-state index in [1.165, 1.54) is 0 Å². The van der Waals surface area contributed by atoms with Gasteiger partial charge in [0.15, 0.2) is 34.5 Å². The maximum atomic E-state index is 7.94. The molecule has 0 amide bonds. The maximum Gasteiger partial charge on any atom is 0.259 e. The van der Waals surface area contributed by atoms with Crippen LogP contribution >= 0.6 is 11.1 Å². The van der Waals surface area contributed by atoms with Crippen LogP contribution in [0.4, 0.5) is 0 Å². The fourth-order valence-electron chi connectivity index (χ4n) is 4.60. The smallest absolute Gasteiger partial charge is 0.259 e. The highest BCUT2D eigenvalue weighted by molar-refractivity contribution is 7.41. The minimum atomic E-state index is -3.43. The van der Waals surface area contributed by atoms with Crippen molar-refractivity contribution in [2.45, 2.75) is 20.8 Å². The molecule has 3 aromatic rings. The topological polar surface area (TPSA) is 55.4 Å². The summed E-state index contributed by atoms with van der Waals surface area (Å²) in [4.78, 5) is 0. The average molecular weight is 517 g/mol. The number of hydrogen-bond donors (Lipinski definition) is 0. The molecule has 35 heavy (non-hydrogen) atoms. The van der Waals surface area contributed by atoms with Gasteiger partial charge in [0, 0.05) is 15.6 Å². The summed E-state index contributed by atoms with van der Waals surface area (Å²) >= 11 is 7.94. The summed E-state index contributed by atoms with van der Waals surface area (Å²) in [6, 6.07) is 11.9. The van der Waals surface area contributed by atoms with Crippen molar-refractivity contribution < 1.29 is 28.4 Å². The lowest BCUT2D eigenvalue weighted by molar-refractivity contribution is 0.353. The van der Waals surface area contributed by atoms with Crippen molar-refractivity contribution in [3.63, 3.8) is 0 Å². The Bertz CT molecular complexity index is 1080. The SMILES string of the molecule is COc1c(C)ccc([Si](Cl)(c2ccc(C)c(OC)c2OC)c2ccc(C)c(OC)c2OC)c1OC. The Morgan fingerprint density at radius 3 is 0.857 bits per heavy atom. The van der Waals surface area contributed by atoms with Gasteiger partial charge in [0.2, 0.25) is 0 Å². The molecule has 0 heterocycles. The van der Waals surface area contributed by atoms with Crippen LogP contribution in [0.5, 0.6) is 34.5 Å². The zero-order chi connectivity index (χ0) is 25.9. The predicted molar refractivity (Wildman–Crippen MR) is 143 cm³/mol. The van der Waals surface area contributed by atoms with Crippen molar-refractivity contribution in [1.82, 2.24) is 0 Å². The molecule has 0 unspecified atom stereocenters. The standard InChI is InChI=1S/C27H33ClO6Si/c1-16-10-13-19(25(32-7)22(16)29-4)35(28,20-14-11-17(2)23(30-5)26(20)33-8)21-15-12-18(3)24(31-6)27(21)34-9/h10-15H,1-9H3. The molecule has 188 valence electrons. The Hall–Kier alpha value is -3.03. The molecular weight excluding hydrogens is 484 g/mol. The van der Waals surface area contributed by atoms with Crippen molar-refractivity contribution in [2.75, 3.05) is 42.7 Å². The van der Waals surface area contributed by atoms with Gasteiger partial charge in [-0.05, 0) is 37.5 Å². The molecule has 0 saturated carbocycles. The van der Waals surface area contributed by atoms with Gasteiger partial charge in [-0.2, -0.15) is 0 Å². The molecule has 0 aromatic heterocycles. The normalized spacial score (nSPS) is 11.1. The first-order valence-electron chi connectivity index (χ1n) is 11.1. The van der Waals surface area contributed by atoms with E-state index in [-0.39, 0.29) is 0 Å². The summed E-state index contributed by atoms with van der Waals surface area (Å²) in [5.74, 6) is 3.57. The maximum absolute atomic E-state index is 7.94. The number of rotatable bonds is 9. The molecule has 0 aliphatic carbocycles. The molecule has 0 bridgehead atoms. The lowest BCUT2D eigenvalue weighted by Gasteiger charge is -2.32. The summed E-state index contributed by atoms with van der Waals surface area (Å²) in [5, 5.41) is 2.37. The molecule has 8 heteroatoms. The van der Waals surface area contributed by atoms with Crippen molar-refractivity contribution in [2.24, 2.45) is 0 Å². The van der Waals surface area contributed by atoms with Crippen LogP contribution in [0.25, 0.3) is 0 Å². The lowest BCUT2D eigenvalue weighted by atomic mass is 10.2. The van der Waals surface area contributed by atoms with Crippen LogP contribution in [0.1, 0.15) is 16.7 Å². The predicted octanol–water partition coefficient (Wildman–Crippen LogP) is 3.87. The largest absolute Gasteiger partial charge is 0.493 e. The molecule has 0 aliphatic rings. The molecular formula is C27H33ClO6Si. The summed E-state index contributed by atoms with van der Waals surface area (Å²) < 4.78 is 35.0. The van der Waals surface area contributed by atoms with E-state index in [0.29, 0.717) is 34.5 Å². The van der Waals surface area contributed by atoms with Crippen molar-refractivity contribution in [3.8, 4) is 34.5 Å². The number of hydrogen-bond acceptors (Lipinski definition) is 6. The second-order valence-electron chi connectivity index (χ2n) is 8.15. The second kappa shape index (κ2) is 10.7. The van der Waals surface area contributed by atoms with Crippen LogP contribution in [0, 0.1) is 20.8 Å². The van der Waals surface area contributed by atoms with E-state index >= 15 is 0 Å². The Balaban J connectivity index is 2.59. The first kappa shape index (κ1) is 26.6. The van der Waals surface area contributed by atoms with Gasteiger partial charge < -0.3 is 28.4 Å². The van der Waals surface area contributed by atoms with Crippen LogP contribution in [0.15, 0.2) is 36.4 Å². The van der Waals surface area contributed by atoms with Crippen LogP contribution in [0.3, 0.4) is 0 Å². The summed E-state index contributed by atoms with van der Waals surface area (Å²) in [6.45, 7) is 5.90. The van der Waals surface area contributed by atoms with E-state index in [9.17, 15) is 0 Å². The lowest BCUT2D eigenvalue weighted by Crippen LogP contribution is -2.63. The highest BCUT2D eigenvalue weighted by atomic mass is 35.6. The van der Waals surface area contributed by atoms with E-state index < -0.39 is 7.38 Å². The number of ether oxygens (including phenoxy) is 6. The Labute approximate surface area is 213 Å². The molecule has 0 aliphatic heterocycles. The number of methoxy groups -OCH3 is 6. The van der Waals surface area contributed by atoms with Gasteiger partial charge in [0.1, 0.15) is 0 Å². The van der Waals surface area contributed by atoms with Gasteiger partial charge in [-0.1, -0.05) is 36.4 Å². The zero-order valence-electron chi connectivity index (χ0n) is 21.8. The van der Waals surface area contributed by atoms with Gasteiger partial charge >= 0.3 is 0 Å². The van der Waals surface area contributed by atoms with Gasteiger partial charge in [0.25, 0.3) is 7.38 Å². The molecule has 0 saturated heterocycles. The van der Waals surface area contributed by atoms with Crippen LogP contribution in [0.2, 0.25) is 0 Å². The van der Waals surface area contributed by atoms with Crippen LogP contribution in [-0.4, -0.2) is 50.0 Å². The Kier molecular flexibility index (Phi) is 8.13. The number of halogens is 1. The molecule has 0 atom stereocenters. The third kappa shape index (κ3) is 4.27. The van der Waals surface area contributed by atoms with E-state index in [0.717, 1.165) is 32.3 Å². The monoisotopic (exact) mass is 516 g/mol. The van der Waals surface area contributed by atoms with Crippen molar-refractivity contribution in [1.29, 1.82) is 0 Å². The zero-order valence-corrected chi connectivity index (χ0v) is 23.5. The van der Waals surface area contributed by atoms with E-state index in [2.05, 4.69) is 0 Å². The minimum absolute atomic E-state index is 0.567. The first-order chi connectivity index (χ1) is 16.7. The summed E-state index contributed by atoms with van der Waals surface area (Å²) in [6.07, 6.45) is 0. The molecule has 0 fully saturated rings. The quantitative estimate of drug-likeness (QED) is 0.244. The minimum Gasteiger partial charge on any atom is -0.493 e. The fourth-order valence-corrected chi connectivity index (χ4v) is 9.34. The second-order valence-corrected chi connectivity index (χ2v) is 12.8. The third-order valence-corrected chi connectivity index (χ3v) is 11.5. The molecule has 3 aromatic carbocycles. The van der Waals surface area contributed by atoms with E-state index in [4.69, 9.17) is 39.5 Å². The Morgan fingerprint density at radius 1 is 0.429 bits per heavy atom. The third-order valence-electron chi connectivity index (χ3n) is 6.27. The summed E-state index contributed by atoms with van der Waals surface area (Å²) in [7, 11) is 6.29. The molecule has 0 N–H and O–H groups in total. The van der Waals surface area contributed by atoms with Crippen molar-refractivity contribution in [3.05, 3.63) is 53.1 Å². The summed E-state index contributed by atoms with van der Waals surface area (Å²) in [5.41, 5.74) is 2.80. The number of benzene rings is 3. The first-order valence-corrected chi connectivity index (χ1v) is 14.1. The van der Waals surface area contributed by atoms with Gasteiger partial charge in [-0.25, -0.2) is 0 Å². The highest BCUT2D eigenvalue weighted by Crippen LogP contribution is 2.38. The molecule has 3 rings (SSSR count). The van der Waals surface area contributed by atoms with E-state index in [1.807, 2.05) is 57.2 Å². The fraction of sp³-hybridized carbons (Fsp3) is 0.333. The molecule has 0 radical (unpaired) electrons. The molecule has 6 nitrogen and oxygen atoms in total. The average Bonchev–Trinajstić information content (AvgIpc) is 2.87. The number of aryl methyl sites for hydroxylation is 3. The van der Waals surface area contributed by atoms with Gasteiger partial charge in [-0.15, -0.1) is 11.1 Å². The van der Waals surface area contributed by atoms with Crippen LogP contribution in [-0.2, 0) is 0 Å².